The molecule has 0 aromatic heterocycles. The lowest BCUT2D eigenvalue weighted by molar-refractivity contribution is 0.319. The van der Waals surface area contributed by atoms with Gasteiger partial charge in [0.1, 0.15) is 5.82 Å². The number of fused-ring (bicyclic) bond motifs is 2. The highest BCUT2D eigenvalue weighted by Gasteiger charge is 2.25. The predicted octanol–water partition coefficient (Wildman–Crippen LogP) is 4.38. The minimum absolute atomic E-state index is 0.179. The van der Waals surface area contributed by atoms with Crippen molar-refractivity contribution in [3.8, 4) is 0 Å². The molecule has 2 aromatic carbocycles. The van der Waals surface area contributed by atoms with Crippen molar-refractivity contribution in [3.63, 3.8) is 0 Å². The quantitative estimate of drug-likeness (QED) is 0.831. The topological polar surface area (TPSA) is 6.48 Å². The van der Waals surface area contributed by atoms with Crippen LogP contribution in [0.25, 0.3) is 0 Å². The highest BCUT2D eigenvalue weighted by molar-refractivity contribution is 7.99. The zero-order chi connectivity index (χ0) is 15.0. The van der Waals surface area contributed by atoms with Crippen molar-refractivity contribution < 1.29 is 4.39 Å². The van der Waals surface area contributed by atoms with E-state index in [1.54, 1.807) is 23.9 Å². The van der Waals surface area contributed by atoms with Crippen molar-refractivity contribution in [3.05, 3.63) is 48.3 Å². The molecule has 0 aliphatic carbocycles. The van der Waals surface area contributed by atoms with Crippen molar-refractivity contribution in [2.45, 2.75) is 22.8 Å². The van der Waals surface area contributed by atoms with Crippen molar-refractivity contribution >= 4 is 23.1 Å². The van der Waals surface area contributed by atoms with Crippen LogP contribution in [0.15, 0.2) is 52.3 Å². The summed E-state index contributed by atoms with van der Waals surface area (Å²) in [6.45, 7) is 3.08. The second-order valence-corrected chi connectivity index (χ2v) is 6.69. The Bertz CT molecular complexity index is 657. The number of hydrogen-bond acceptors (Lipinski definition) is 3. The standard InChI is InChI=1S/C17H19FN2S/c1-12(19(2)3)11-20-14-6-4-5-7-16(14)21-17-10-13(18)8-9-15(17)20/h4-10,12H,11H2,1-3H3. The smallest absolute Gasteiger partial charge is 0.124 e. The Morgan fingerprint density at radius 2 is 1.81 bits per heavy atom. The Labute approximate surface area is 129 Å². The fraction of sp³-hybridized carbons (Fsp3) is 0.294. The molecule has 110 valence electrons. The largest absolute Gasteiger partial charge is 0.338 e. The first-order valence-electron chi connectivity index (χ1n) is 7.06. The Morgan fingerprint density at radius 1 is 1.10 bits per heavy atom. The molecular formula is C17H19FN2S. The molecule has 1 unspecified atom stereocenters. The van der Waals surface area contributed by atoms with Gasteiger partial charge in [0.2, 0.25) is 0 Å². The molecule has 1 atom stereocenters. The van der Waals surface area contributed by atoms with Crippen LogP contribution in [0.2, 0.25) is 0 Å². The first-order valence-corrected chi connectivity index (χ1v) is 7.88. The van der Waals surface area contributed by atoms with Crippen LogP contribution in [0.5, 0.6) is 0 Å². The van der Waals surface area contributed by atoms with E-state index in [2.05, 4.69) is 49.0 Å². The van der Waals surface area contributed by atoms with Gasteiger partial charge in [-0.25, -0.2) is 4.39 Å². The number of benzene rings is 2. The van der Waals surface area contributed by atoms with E-state index < -0.39 is 0 Å². The number of nitrogens with zero attached hydrogens (tertiary/aromatic N) is 2. The van der Waals surface area contributed by atoms with Crippen LogP contribution >= 0.6 is 11.8 Å². The van der Waals surface area contributed by atoms with E-state index in [9.17, 15) is 4.39 Å². The van der Waals surface area contributed by atoms with Crippen LogP contribution in [0.4, 0.5) is 15.8 Å². The average molecular weight is 302 g/mol. The summed E-state index contributed by atoms with van der Waals surface area (Å²) in [7, 11) is 4.17. The summed E-state index contributed by atoms with van der Waals surface area (Å²) in [5.74, 6) is -0.179. The van der Waals surface area contributed by atoms with Crippen LogP contribution in [-0.4, -0.2) is 31.6 Å². The van der Waals surface area contributed by atoms with Gasteiger partial charge in [-0.2, -0.15) is 0 Å². The number of hydrogen-bond donors (Lipinski definition) is 0. The lowest BCUT2D eigenvalue weighted by atomic mass is 10.2. The summed E-state index contributed by atoms with van der Waals surface area (Å²) in [4.78, 5) is 6.67. The van der Waals surface area contributed by atoms with Gasteiger partial charge in [0, 0.05) is 22.4 Å². The molecule has 21 heavy (non-hydrogen) atoms. The molecule has 0 bridgehead atoms. The van der Waals surface area contributed by atoms with Crippen molar-refractivity contribution in [2.24, 2.45) is 0 Å². The number of halogens is 1. The molecule has 2 aromatic rings. The zero-order valence-electron chi connectivity index (χ0n) is 12.5. The number of para-hydroxylation sites is 1. The first-order chi connectivity index (χ1) is 10.1. The summed E-state index contributed by atoms with van der Waals surface area (Å²) < 4.78 is 13.5. The maximum atomic E-state index is 13.5. The summed E-state index contributed by atoms with van der Waals surface area (Å²) in [5.41, 5.74) is 2.30. The summed E-state index contributed by atoms with van der Waals surface area (Å²) in [6.07, 6.45) is 0. The van der Waals surface area contributed by atoms with E-state index in [1.165, 1.54) is 10.6 Å². The lowest BCUT2D eigenvalue weighted by Gasteiger charge is -2.36. The Balaban J connectivity index is 2.05. The molecule has 0 amide bonds. The van der Waals surface area contributed by atoms with E-state index in [0.717, 1.165) is 17.1 Å². The van der Waals surface area contributed by atoms with Crippen LogP contribution in [-0.2, 0) is 0 Å². The Kier molecular flexibility index (Phi) is 3.91. The summed E-state index contributed by atoms with van der Waals surface area (Å²) in [6, 6.07) is 13.8. The van der Waals surface area contributed by atoms with Crippen LogP contribution in [0, 0.1) is 5.82 Å². The normalized spacial score (nSPS) is 14.8. The van der Waals surface area contributed by atoms with Gasteiger partial charge in [0.15, 0.2) is 0 Å². The van der Waals surface area contributed by atoms with E-state index in [-0.39, 0.29) is 5.82 Å². The highest BCUT2D eigenvalue weighted by atomic mass is 32.2. The predicted molar refractivity (Wildman–Crippen MR) is 87.1 cm³/mol. The number of likely N-dealkylation sites (N-methyl/N-ethyl adjacent to an activating group) is 1. The molecule has 1 heterocycles. The number of rotatable bonds is 3. The average Bonchev–Trinajstić information content (AvgIpc) is 2.46. The van der Waals surface area contributed by atoms with Crippen molar-refractivity contribution in [2.75, 3.05) is 25.5 Å². The third kappa shape index (κ3) is 2.78. The highest BCUT2D eigenvalue weighted by Crippen LogP contribution is 2.48. The van der Waals surface area contributed by atoms with Gasteiger partial charge in [0.05, 0.1) is 11.4 Å². The van der Waals surface area contributed by atoms with Crippen molar-refractivity contribution in [1.82, 2.24) is 4.90 Å². The maximum absolute atomic E-state index is 13.5. The van der Waals surface area contributed by atoms with Gasteiger partial charge in [-0.05, 0) is 51.4 Å². The molecule has 0 N–H and O–H groups in total. The molecule has 3 rings (SSSR count). The van der Waals surface area contributed by atoms with Gasteiger partial charge in [-0.3, -0.25) is 0 Å². The summed E-state index contributed by atoms with van der Waals surface area (Å²) in [5, 5.41) is 0. The minimum atomic E-state index is -0.179. The van der Waals surface area contributed by atoms with Crippen molar-refractivity contribution in [1.29, 1.82) is 0 Å². The van der Waals surface area contributed by atoms with Gasteiger partial charge >= 0.3 is 0 Å². The first kappa shape index (κ1) is 14.4. The van der Waals surface area contributed by atoms with Gasteiger partial charge < -0.3 is 9.80 Å². The van der Waals surface area contributed by atoms with Gasteiger partial charge in [0.25, 0.3) is 0 Å². The second kappa shape index (κ2) is 5.70. The van der Waals surface area contributed by atoms with Crippen LogP contribution in [0.3, 0.4) is 0 Å². The molecule has 4 heteroatoms. The zero-order valence-corrected chi connectivity index (χ0v) is 13.3. The molecule has 1 aliphatic rings. The third-order valence-electron chi connectivity index (χ3n) is 3.92. The third-order valence-corrected chi connectivity index (χ3v) is 5.03. The molecule has 0 saturated carbocycles. The Morgan fingerprint density at radius 3 is 2.57 bits per heavy atom. The maximum Gasteiger partial charge on any atom is 0.124 e. The minimum Gasteiger partial charge on any atom is -0.338 e. The molecule has 0 fully saturated rings. The molecule has 0 radical (unpaired) electrons. The SMILES string of the molecule is CC(CN1c2ccccc2Sc2cc(F)ccc21)N(C)C. The molecule has 0 spiro atoms. The van der Waals surface area contributed by atoms with Gasteiger partial charge in [-0.15, -0.1) is 0 Å². The van der Waals surface area contributed by atoms with Crippen LogP contribution < -0.4 is 4.90 Å². The molecule has 1 aliphatic heterocycles. The molecule has 2 nitrogen and oxygen atoms in total. The lowest BCUT2D eigenvalue weighted by Crippen LogP contribution is -2.37. The Hall–Kier alpha value is -1.52. The monoisotopic (exact) mass is 302 g/mol. The number of anilines is 2. The van der Waals surface area contributed by atoms with E-state index in [0.29, 0.717) is 6.04 Å². The molecular weight excluding hydrogens is 283 g/mol. The van der Waals surface area contributed by atoms with Crippen LogP contribution in [0.1, 0.15) is 6.92 Å². The van der Waals surface area contributed by atoms with Gasteiger partial charge in [-0.1, -0.05) is 23.9 Å². The second-order valence-electron chi connectivity index (χ2n) is 5.61. The fourth-order valence-electron chi connectivity index (χ4n) is 2.43. The molecule has 0 saturated heterocycles. The van der Waals surface area contributed by atoms with E-state index >= 15 is 0 Å². The summed E-state index contributed by atoms with van der Waals surface area (Å²) >= 11 is 1.64. The fourth-order valence-corrected chi connectivity index (χ4v) is 3.55. The van der Waals surface area contributed by atoms with E-state index in [4.69, 9.17) is 0 Å². The van der Waals surface area contributed by atoms with E-state index in [1.807, 2.05) is 12.1 Å².